The molecule has 6 nitrogen and oxygen atoms in total. The Hall–Kier alpha value is -2.67. The summed E-state index contributed by atoms with van der Waals surface area (Å²) in [5, 5.41) is 5.82. The van der Waals surface area contributed by atoms with Crippen LogP contribution < -0.4 is 10.6 Å². The molecular weight excluding hydrogens is 446 g/mol. The fourth-order valence-corrected chi connectivity index (χ4v) is 3.92. The standard InChI is InChI=1S/C23H26BrN3O3/c1-16(28)25-21(17-7-9-19(24)10-8-17)15-22(29)27-13-11-18(12-14-27)23(30)26-20-5-3-2-4-6-20/h2-10,18,21H,11-15H2,1H3,(H,25,28)(H,26,30). The first-order valence-electron chi connectivity index (χ1n) is 10.1. The number of hydrogen-bond donors (Lipinski definition) is 2. The summed E-state index contributed by atoms with van der Waals surface area (Å²) in [6.07, 6.45) is 1.46. The Morgan fingerprint density at radius 1 is 1.03 bits per heavy atom. The van der Waals surface area contributed by atoms with Crippen molar-refractivity contribution in [3.63, 3.8) is 0 Å². The van der Waals surface area contributed by atoms with Gasteiger partial charge in [-0.05, 0) is 42.7 Å². The van der Waals surface area contributed by atoms with E-state index >= 15 is 0 Å². The fourth-order valence-electron chi connectivity index (χ4n) is 3.65. The number of nitrogens with zero attached hydrogens (tertiary/aromatic N) is 1. The summed E-state index contributed by atoms with van der Waals surface area (Å²) in [6.45, 7) is 2.53. The van der Waals surface area contributed by atoms with Crippen LogP contribution in [0.25, 0.3) is 0 Å². The monoisotopic (exact) mass is 471 g/mol. The van der Waals surface area contributed by atoms with Gasteiger partial charge in [-0.2, -0.15) is 0 Å². The SMILES string of the molecule is CC(=O)NC(CC(=O)N1CCC(C(=O)Nc2ccccc2)CC1)c1ccc(Br)cc1. The predicted octanol–water partition coefficient (Wildman–Crippen LogP) is 3.89. The summed E-state index contributed by atoms with van der Waals surface area (Å²) < 4.78 is 0.940. The summed E-state index contributed by atoms with van der Waals surface area (Å²) in [6, 6.07) is 16.6. The molecule has 1 atom stereocenters. The Morgan fingerprint density at radius 3 is 2.27 bits per heavy atom. The number of anilines is 1. The van der Waals surface area contributed by atoms with Gasteiger partial charge in [-0.3, -0.25) is 14.4 Å². The molecule has 0 spiro atoms. The molecule has 1 aliphatic rings. The third-order valence-corrected chi connectivity index (χ3v) is 5.82. The first-order valence-corrected chi connectivity index (χ1v) is 10.9. The van der Waals surface area contributed by atoms with Gasteiger partial charge in [-0.25, -0.2) is 0 Å². The number of amides is 3. The summed E-state index contributed by atoms with van der Waals surface area (Å²) in [7, 11) is 0. The molecule has 2 aromatic rings. The first kappa shape index (κ1) is 22.0. The van der Waals surface area contributed by atoms with Crippen LogP contribution in [0.15, 0.2) is 59.1 Å². The number of carbonyl (C=O) groups is 3. The van der Waals surface area contributed by atoms with E-state index in [1.807, 2.05) is 54.6 Å². The maximum atomic E-state index is 12.9. The van der Waals surface area contributed by atoms with E-state index in [0.717, 1.165) is 15.7 Å². The minimum atomic E-state index is -0.373. The number of nitrogens with one attached hydrogen (secondary N) is 2. The molecule has 0 aliphatic carbocycles. The van der Waals surface area contributed by atoms with E-state index in [1.165, 1.54) is 6.92 Å². The van der Waals surface area contributed by atoms with Crippen molar-refractivity contribution >= 4 is 39.3 Å². The Balaban J connectivity index is 1.55. The number of rotatable bonds is 6. The number of halogens is 1. The molecule has 2 aromatic carbocycles. The lowest BCUT2D eigenvalue weighted by molar-refractivity contribution is -0.135. The summed E-state index contributed by atoms with van der Waals surface area (Å²) >= 11 is 3.40. The number of carbonyl (C=O) groups excluding carboxylic acids is 3. The Kier molecular flexibility index (Phi) is 7.63. The lowest BCUT2D eigenvalue weighted by Gasteiger charge is -2.32. The molecule has 1 aliphatic heterocycles. The normalized spacial score (nSPS) is 15.3. The maximum Gasteiger partial charge on any atom is 0.227 e. The Labute approximate surface area is 185 Å². The van der Waals surface area contributed by atoms with Gasteiger partial charge in [0.15, 0.2) is 0 Å². The van der Waals surface area contributed by atoms with Gasteiger partial charge < -0.3 is 15.5 Å². The van der Waals surface area contributed by atoms with E-state index in [9.17, 15) is 14.4 Å². The zero-order valence-electron chi connectivity index (χ0n) is 16.9. The summed E-state index contributed by atoms with van der Waals surface area (Å²) in [5.41, 5.74) is 1.67. The molecule has 1 fully saturated rings. The molecule has 0 aromatic heterocycles. The summed E-state index contributed by atoms with van der Waals surface area (Å²) in [4.78, 5) is 38.8. The molecule has 158 valence electrons. The van der Waals surface area contributed by atoms with Gasteiger partial charge in [0.25, 0.3) is 0 Å². The van der Waals surface area contributed by atoms with E-state index in [-0.39, 0.29) is 36.1 Å². The molecule has 3 rings (SSSR count). The van der Waals surface area contributed by atoms with E-state index in [1.54, 1.807) is 4.90 Å². The van der Waals surface area contributed by atoms with Gasteiger partial charge in [-0.15, -0.1) is 0 Å². The second kappa shape index (κ2) is 10.4. The molecular formula is C23H26BrN3O3. The second-order valence-electron chi connectivity index (χ2n) is 7.52. The minimum absolute atomic E-state index is 0.000663. The minimum Gasteiger partial charge on any atom is -0.349 e. The van der Waals surface area contributed by atoms with Crippen LogP contribution in [0.2, 0.25) is 0 Å². The van der Waals surface area contributed by atoms with Gasteiger partial charge in [0.1, 0.15) is 0 Å². The van der Waals surface area contributed by atoms with Crippen molar-refractivity contribution in [2.24, 2.45) is 5.92 Å². The van der Waals surface area contributed by atoms with E-state index in [2.05, 4.69) is 26.6 Å². The quantitative estimate of drug-likeness (QED) is 0.670. The number of para-hydroxylation sites is 1. The van der Waals surface area contributed by atoms with Crippen molar-refractivity contribution in [2.45, 2.75) is 32.2 Å². The van der Waals surface area contributed by atoms with Gasteiger partial charge in [0, 0.05) is 36.1 Å². The van der Waals surface area contributed by atoms with Crippen molar-refractivity contribution < 1.29 is 14.4 Å². The van der Waals surface area contributed by atoms with Crippen LogP contribution in [0.3, 0.4) is 0 Å². The molecule has 0 saturated carbocycles. The highest BCUT2D eigenvalue weighted by Gasteiger charge is 2.29. The van der Waals surface area contributed by atoms with Crippen molar-refractivity contribution in [3.8, 4) is 0 Å². The Bertz CT molecular complexity index is 878. The topological polar surface area (TPSA) is 78.5 Å². The molecule has 0 bridgehead atoms. The lowest BCUT2D eigenvalue weighted by atomic mass is 9.95. The molecule has 1 heterocycles. The van der Waals surface area contributed by atoms with Crippen molar-refractivity contribution in [1.82, 2.24) is 10.2 Å². The number of likely N-dealkylation sites (tertiary alicyclic amines) is 1. The highest BCUT2D eigenvalue weighted by atomic mass is 79.9. The lowest BCUT2D eigenvalue weighted by Crippen LogP contribution is -2.43. The summed E-state index contributed by atoms with van der Waals surface area (Å²) in [5.74, 6) is -0.295. The van der Waals surface area contributed by atoms with Crippen LogP contribution in [-0.4, -0.2) is 35.7 Å². The smallest absolute Gasteiger partial charge is 0.227 e. The van der Waals surface area contributed by atoms with Crippen LogP contribution in [-0.2, 0) is 14.4 Å². The fraction of sp³-hybridized carbons (Fsp3) is 0.348. The zero-order chi connectivity index (χ0) is 21.5. The third kappa shape index (κ3) is 6.16. The third-order valence-electron chi connectivity index (χ3n) is 5.29. The van der Waals surface area contributed by atoms with Gasteiger partial charge >= 0.3 is 0 Å². The van der Waals surface area contributed by atoms with Crippen LogP contribution >= 0.6 is 15.9 Å². The number of benzene rings is 2. The Morgan fingerprint density at radius 2 is 1.67 bits per heavy atom. The molecule has 1 unspecified atom stereocenters. The van der Waals surface area contributed by atoms with Crippen LogP contribution in [0, 0.1) is 5.92 Å². The highest BCUT2D eigenvalue weighted by molar-refractivity contribution is 9.10. The van der Waals surface area contributed by atoms with Crippen LogP contribution in [0.4, 0.5) is 5.69 Å². The molecule has 0 radical (unpaired) electrons. The second-order valence-corrected chi connectivity index (χ2v) is 8.43. The van der Waals surface area contributed by atoms with E-state index < -0.39 is 0 Å². The zero-order valence-corrected chi connectivity index (χ0v) is 18.5. The van der Waals surface area contributed by atoms with Crippen molar-refractivity contribution in [1.29, 1.82) is 0 Å². The first-order chi connectivity index (χ1) is 14.4. The highest BCUT2D eigenvalue weighted by Crippen LogP contribution is 2.24. The van der Waals surface area contributed by atoms with Gasteiger partial charge in [-0.1, -0.05) is 46.3 Å². The van der Waals surface area contributed by atoms with Gasteiger partial charge in [0.2, 0.25) is 17.7 Å². The van der Waals surface area contributed by atoms with Crippen LogP contribution in [0.5, 0.6) is 0 Å². The van der Waals surface area contributed by atoms with E-state index in [0.29, 0.717) is 25.9 Å². The van der Waals surface area contributed by atoms with Gasteiger partial charge in [0.05, 0.1) is 12.5 Å². The van der Waals surface area contributed by atoms with Crippen LogP contribution in [0.1, 0.15) is 37.8 Å². The average molecular weight is 472 g/mol. The number of hydrogen-bond acceptors (Lipinski definition) is 3. The molecule has 2 N–H and O–H groups in total. The maximum absolute atomic E-state index is 12.9. The number of piperidine rings is 1. The molecule has 3 amide bonds. The largest absolute Gasteiger partial charge is 0.349 e. The molecule has 30 heavy (non-hydrogen) atoms. The predicted molar refractivity (Wildman–Crippen MR) is 120 cm³/mol. The van der Waals surface area contributed by atoms with E-state index in [4.69, 9.17) is 0 Å². The van der Waals surface area contributed by atoms with Crippen molar-refractivity contribution in [2.75, 3.05) is 18.4 Å². The molecule has 7 heteroatoms. The van der Waals surface area contributed by atoms with Crippen molar-refractivity contribution in [3.05, 3.63) is 64.6 Å². The average Bonchev–Trinajstić information content (AvgIpc) is 2.74. The molecule has 1 saturated heterocycles.